The van der Waals surface area contributed by atoms with Crippen LogP contribution < -0.4 is 5.06 Å². The lowest BCUT2D eigenvalue weighted by atomic mass is 10.2. The van der Waals surface area contributed by atoms with Gasteiger partial charge in [-0.1, -0.05) is 12.1 Å². The maximum atomic E-state index is 11.6. The van der Waals surface area contributed by atoms with Crippen LogP contribution in [0.4, 0.5) is 11.4 Å². The Morgan fingerprint density at radius 3 is 2.79 bits per heavy atom. The van der Waals surface area contributed by atoms with Crippen molar-refractivity contribution >= 4 is 11.4 Å². The first-order valence-electron chi connectivity index (χ1n) is 4.06. The van der Waals surface area contributed by atoms with E-state index in [0.29, 0.717) is 9.82 Å². The van der Waals surface area contributed by atoms with E-state index in [9.17, 15) is 10.1 Å². The highest BCUT2D eigenvalue weighted by atomic mass is 16.5. The Morgan fingerprint density at radius 1 is 1.57 bits per heavy atom. The molecule has 0 radical (unpaired) electrons. The number of hydrogen-bond acceptors (Lipinski definition) is 4. The molecule has 0 N–H and O–H groups in total. The Hall–Kier alpha value is -1.93. The van der Waals surface area contributed by atoms with Crippen molar-refractivity contribution in [3.05, 3.63) is 34.4 Å². The molecule has 0 amide bonds. The normalized spacial score (nSPS) is 24.6. The van der Waals surface area contributed by atoms with Crippen LogP contribution in [0.15, 0.2) is 24.3 Å². The predicted molar refractivity (Wildman–Crippen MR) is 49.6 cm³/mol. The van der Waals surface area contributed by atoms with Crippen molar-refractivity contribution in [1.29, 1.82) is 5.26 Å². The third kappa shape index (κ3) is 0.805. The van der Waals surface area contributed by atoms with Gasteiger partial charge in [-0.05, 0) is 6.07 Å². The SMILES string of the molecule is CC1(C#N)N([O-])c2ccccc2[N+]1=O. The predicted octanol–water partition coefficient (Wildman–Crippen LogP) is 1.65. The summed E-state index contributed by atoms with van der Waals surface area (Å²) in [6.45, 7) is 1.30. The van der Waals surface area contributed by atoms with Gasteiger partial charge in [-0.25, -0.2) is 0 Å². The Balaban J connectivity index is 2.67. The van der Waals surface area contributed by atoms with Gasteiger partial charge in [0.05, 0.1) is 4.76 Å². The van der Waals surface area contributed by atoms with Crippen molar-refractivity contribution < 1.29 is 4.76 Å². The zero-order valence-corrected chi connectivity index (χ0v) is 7.47. The molecule has 1 heterocycles. The van der Waals surface area contributed by atoms with Crippen LogP contribution in [-0.2, 0) is 0 Å². The monoisotopic (exact) mass is 189 g/mol. The van der Waals surface area contributed by atoms with Crippen LogP contribution in [0.2, 0.25) is 0 Å². The lowest BCUT2D eigenvalue weighted by molar-refractivity contribution is -0.519. The van der Waals surface area contributed by atoms with Crippen LogP contribution in [0.3, 0.4) is 0 Å². The molecule has 1 aromatic rings. The molecule has 1 unspecified atom stereocenters. The molecule has 1 aliphatic rings. The average Bonchev–Trinajstić information content (AvgIpc) is 2.43. The van der Waals surface area contributed by atoms with E-state index in [-0.39, 0.29) is 11.4 Å². The molecule has 5 heteroatoms. The lowest BCUT2D eigenvalue weighted by Crippen LogP contribution is -2.43. The summed E-state index contributed by atoms with van der Waals surface area (Å²) in [7, 11) is 0. The van der Waals surface area contributed by atoms with Gasteiger partial charge in [0.2, 0.25) is 0 Å². The van der Waals surface area contributed by atoms with Crippen LogP contribution in [0.5, 0.6) is 0 Å². The van der Waals surface area contributed by atoms with E-state index >= 15 is 0 Å². The number of nitroso groups, excluding NO2 is 1. The maximum absolute atomic E-state index is 11.6. The van der Waals surface area contributed by atoms with E-state index < -0.39 is 5.66 Å². The summed E-state index contributed by atoms with van der Waals surface area (Å²) in [6.07, 6.45) is 0. The minimum absolute atomic E-state index is 0.242. The first-order chi connectivity index (χ1) is 6.61. The molecule has 0 saturated carbocycles. The Labute approximate surface area is 80.3 Å². The molecule has 5 nitrogen and oxygen atoms in total. The van der Waals surface area contributed by atoms with E-state index in [2.05, 4.69) is 0 Å². The summed E-state index contributed by atoms with van der Waals surface area (Å²) in [5, 5.41) is 20.9. The molecule has 2 rings (SSSR count). The van der Waals surface area contributed by atoms with E-state index in [4.69, 9.17) is 5.26 Å². The number of anilines is 1. The average molecular weight is 189 g/mol. The van der Waals surface area contributed by atoms with Gasteiger partial charge in [-0.3, -0.25) is 0 Å². The van der Waals surface area contributed by atoms with Gasteiger partial charge < -0.3 is 10.3 Å². The molecule has 0 aliphatic carbocycles. The van der Waals surface area contributed by atoms with Gasteiger partial charge in [-0.15, -0.1) is 0 Å². The molecular weight excluding hydrogens is 182 g/mol. The highest BCUT2D eigenvalue weighted by Crippen LogP contribution is 2.41. The number of rotatable bonds is 0. The fraction of sp³-hybridized carbons (Fsp3) is 0.222. The molecular formula is C9H7N3O2. The zero-order valence-electron chi connectivity index (χ0n) is 7.47. The molecule has 0 aromatic heterocycles. The third-order valence-corrected chi connectivity index (χ3v) is 2.32. The van der Waals surface area contributed by atoms with Gasteiger partial charge in [0.25, 0.3) is 5.69 Å². The summed E-state index contributed by atoms with van der Waals surface area (Å²) in [5.74, 6) is 0. The van der Waals surface area contributed by atoms with Gasteiger partial charge in [0.1, 0.15) is 5.69 Å². The topological polar surface area (TPSA) is 70.2 Å². The maximum Gasteiger partial charge on any atom is 0.366 e. The molecule has 14 heavy (non-hydrogen) atoms. The van der Waals surface area contributed by atoms with Crippen LogP contribution in [0.25, 0.3) is 0 Å². The summed E-state index contributed by atoms with van der Waals surface area (Å²) >= 11 is 0. The number of fused-ring (bicyclic) bond motifs is 1. The number of nitriles is 1. The Morgan fingerprint density at radius 2 is 2.21 bits per heavy atom. The molecule has 0 saturated heterocycles. The van der Waals surface area contributed by atoms with E-state index in [1.165, 1.54) is 19.1 Å². The fourth-order valence-electron chi connectivity index (χ4n) is 1.45. The first kappa shape index (κ1) is 8.66. The second-order valence-corrected chi connectivity index (χ2v) is 3.21. The molecule has 1 aliphatic heterocycles. The van der Waals surface area contributed by atoms with Gasteiger partial charge in [0.15, 0.2) is 6.07 Å². The summed E-state index contributed by atoms with van der Waals surface area (Å²) in [5.41, 5.74) is -1.19. The highest BCUT2D eigenvalue weighted by molar-refractivity contribution is 5.68. The standard InChI is InChI=1S/C9H7N3O2/c1-9(6-10)11(13)7-4-2-3-5-8(7)12(9)14/h2-5H,1H3. The van der Waals surface area contributed by atoms with Crippen molar-refractivity contribution in [1.82, 2.24) is 0 Å². The quantitative estimate of drug-likeness (QED) is 0.582. The Kier molecular flexibility index (Phi) is 1.56. The number of benzene rings is 1. The molecule has 0 fully saturated rings. The molecule has 70 valence electrons. The second-order valence-electron chi connectivity index (χ2n) is 3.21. The van der Waals surface area contributed by atoms with Crippen LogP contribution in [0.1, 0.15) is 6.92 Å². The van der Waals surface area contributed by atoms with Crippen molar-refractivity contribution in [2.45, 2.75) is 12.6 Å². The molecule has 0 bridgehead atoms. The largest absolute Gasteiger partial charge is 0.752 e. The number of nitrogens with zero attached hydrogens (tertiary/aromatic N) is 3. The second kappa shape index (κ2) is 2.53. The lowest BCUT2D eigenvalue weighted by Gasteiger charge is -2.28. The van der Waals surface area contributed by atoms with Crippen LogP contribution >= 0.6 is 0 Å². The number of hydrogen-bond donors (Lipinski definition) is 0. The molecule has 1 atom stereocenters. The zero-order chi connectivity index (χ0) is 10.3. The van der Waals surface area contributed by atoms with Crippen molar-refractivity contribution in [2.24, 2.45) is 0 Å². The van der Waals surface area contributed by atoms with Gasteiger partial charge in [-0.2, -0.15) is 5.26 Å². The van der Waals surface area contributed by atoms with Crippen molar-refractivity contribution in [3.8, 4) is 6.07 Å². The highest BCUT2D eigenvalue weighted by Gasteiger charge is 2.52. The summed E-state index contributed by atoms with van der Waals surface area (Å²) in [4.78, 5) is 11.6. The smallest absolute Gasteiger partial charge is 0.366 e. The van der Waals surface area contributed by atoms with E-state index in [0.717, 1.165) is 0 Å². The van der Waals surface area contributed by atoms with Gasteiger partial charge in [0, 0.05) is 17.9 Å². The minimum atomic E-state index is -1.68. The first-order valence-corrected chi connectivity index (χ1v) is 4.06. The van der Waals surface area contributed by atoms with Crippen LogP contribution in [0, 0.1) is 21.4 Å². The number of hydroxylamine groups is 1. The molecule has 0 spiro atoms. The summed E-state index contributed by atoms with van der Waals surface area (Å²) < 4.78 is 0.440. The van der Waals surface area contributed by atoms with Crippen molar-refractivity contribution in [2.75, 3.05) is 5.06 Å². The fourth-order valence-corrected chi connectivity index (χ4v) is 1.45. The van der Waals surface area contributed by atoms with E-state index in [1.807, 2.05) is 0 Å². The number of para-hydroxylation sites is 2. The minimum Gasteiger partial charge on any atom is -0.752 e. The van der Waals surface area contributed by atoms with Crippen LogP contribution in [-0.4, -0.2) is 10.4 Å². The molecule has 1 aromatic carbocycles. The van der Waals surface area contributed by atoms with E-state index in [1.54, 1.807) is 18.2 Å². The summed E-state index contributed by atoms with van der Waals surface area (Å²) in [6, 6.07) is 8.07. The third-order valence-electron chi connectivity index (χ3n) is 2.32. The van der Waals surface area contributed by atoms with Crippen molar-refractivity contribution in [3.63, 3.8) is 0 Å². The van der Waals surface area contributed by atoms with Gasteiger partial charge >= 0.3 is 5.66 Å². The Bertz CT molecular complexity index is 452.